The van der Waals surface area contributed by atoms with Gasteiger partial charge in [-0.1, -0.05) is 78.9 Å². The molecule has 1 spiro atoms. The van der Waals surface area contributed by atoms with Gasteiger partial charge in [0.15, 0.2) is 10.8 Å². The third kappa shape index (κ3) is 2.61. The average Bonchev–Trinajstić information content (AvgIpc) is 3.37. The first-order valence-electron chi connectivity index (χ1n) is 11.0. The van der Waals surface area contributed by atoms with Crippen LogP contribution in [-0.4, -0.2) is 25.2 Å². The van der Waals surface area contributed by atoms with Gasteiger partial charge in [0.05, 0.1) is 25.8 Å². The molecule has 0 N–H and O–H groups in total. The van der Waals surface area contributed by atoms with Crippen molar-refractivity contribution in [2.75, 3.05) is 12.0 Å². The minimum Gasteiger partial charge on any atom is -0.467 e. The second kappa shape index (κ2) is 7.93. The van der Waals surface area contributed by atoms with E-state index in [0.717, 1.165) is 11.8 Å². The highest BCUT2D eigenvalue weighted by atomic mass is 16.5. The molecule has 170 valence electrons. The number of nitrogens with zero attached hydrogens (tertiary/aromatic N) is 4. The Morgan fingerprint density at radius 3 is 2.17 bits per heavy atom. The van der Waals surface area contributed by atoms with Gasteiger partial charge in [-0.15, -0.1) is 0 Å². The number of fused-ring (bicyclic) bond motifs is 2. The van der Waals surface area contributed by atoms with Crippen LogP contribution in [0.15, 0.2) is 89.9 Å². The Labute approximate surface area is 202 Å². The Balaban J connectivity index is 1.88. The first-order valence-corrected chi connectivity index (χ1v) is 11.0. The van der Waals surface area contributed by atoms with Gasteiger partial charge >= 0.3 is 5.97 Å². The van der Waals surface area contributed by atoms with Gasteiger partial charge in [0.2, 0.25) is 11.4 Å². The largest absolute Gasteiger partial charge is 0.467 e. The fourth-order valence-corrected chi connectivity index (χ4v) is 5.47. The molecule has 0 unspecified atom stereocenters. The lowest BCUT2D eigenvalue weighted by atomic mass is 9.53. The quantitative estimate of drug-likeness (QED) is 0.553. The summed E-state index contributed by atoms with van der Waals surface area (Å²) in [6, 6.07) is 29.0. The van der Waals surface area contributed by atoms with Gasteiger partial charge in [0.1, 0.15) is 0 Å². The highest BCUT2D eigenvalue weighted by Gasteiger charge is 2.80. The van der Waals surface area contributed by atoms with Crippen LogP contribution in [0, 0.1) is 28.1 Å². The van der Waals surface area contributed by atoms with Crippen LogP contribution in [0.3, 0.4) is 0 Å². The molecule has 0 bridgehead atoms. The van der Waals surface area contributed by atoms with Crippen LogP contribution in [0.25, 0.3) is 0 Å². The van der Waals surface area contributed by atoms with E-state index in [1.807, 2.05) is 30.3 Å². The number of anilines is 1. The first kappa shape index (κ1) is 22.1. The molecule has 5 rings (SSSR count). The van der Waals surface area contributed by atoms with Crippen molar-refractivity contribution in [1.82, 2.24) is 0 Å². The maximum absolute atomic E-state index is 14.7. The Morgan fingerprint density at radius 2 is 1.54 bits per heavy atom. The smallest absolute Gasteiger partial charge is 0.340 e. The highest BCUT2D eigenvalue weighted by molar-refractivity contribution is 6.18. The molecule has 3 aromatic carbocycles. The zero-order valence-corrected chi connectivity index (χ0v) is 18.9. The number of carbonyl (C=O) groups is 2. The fraction of sp³-hybridized carbons (Fsp3) is 0.179. The summed E-state index contributed by atoms with van der Waals surface area (Å²) in [5, 5.41) is 20.8. The molecular formula is C28H20N4O3. The number of nitriles is 2. The van der Waals surface area contributed by atoms with Crippen molar-refractivity contribution in [3.05, 3.63) is 102 Å². The summed E-state index contributed by atoms with van der Waals surface area (Å²) in [6.07, 6.45) is 1.15. The fourth-order valence-electron chi connectivity index (χ4n) is 5.47. The molecule has 2 heterocycles. The first-order chi connectivity index (χ1) is 17.0. The van der Waals surface area contributed by atoms with Gasteiger partial charge in [-0.05, 0) is 22.8 Å². The maximum Gasteiger partial charge on any atom is 0.340 e. The molecule has 2 aliphatic rings. The van der Waals surface area contributed by atoms with Crippen molar-refractivity contribution in [2.45, 2.75) is 17.5 Å². The summed E-state index contributed by atoms with van der Waals surface area (Å²) < 4.78 is 5.24. The van der Waals surface area contributed by atoms with E-state index in [9.17, 15) is 20.1 Å². The standard InChI is InChI=1S/C28H20N4O3/c1-35-25(34)28(21-12-6-3-7-13-21)27(26(17-29,18-30)19-31-28)22-14-8-9-15-23(22)32(24(27)33)16-20-10-4-2-5-11-20/h2-15,19H,16H2,1H3/t27-,28+/m1/s1. The number of hydrogen-bond donors (Lipinski definition) is 0. The van der Waals surface area contributed by atoms with Crippen LogP contribution in [0.2, 0.25) is 0 Å². The zero-order valence-electron chi connectivity index (χ0n) is 18.9. The van der Waals surface area contributed by atoms with Gasteiger partial charge in [-0.25, -0.2) is 4.79 Å². The third-order valence-corrected chi connectivity index (χ3v) is 6.96. The molecule has 0 saturated carbocycles. The number of rotatable bonds is 4. The number of ether oxygens (including phenoxy) is 1. The Hall–Kier alpha value is -4.75. The van der Waals surface area contributed by atoms with Gasteiger partial charge < -0.3 is 9.64 Å². The summed E-state index contributed by atoms with van der Waals surface area (Å²) in [5.41, 5.74) is -3.91. The summed E-state index contributed by atoms with van der Waals surface area (Å²) in [6.45, 7) is 0.192. The van der Waals surface area contributed by atoms with Crippen molar-refractivity contribution >= 4 is 23.8 Å². The number of aliphatic imine (C=N–C) groups is 1. The van der Waals surface area contributed by atoms with Crippen molar-refractivity contribution in [3.63, 3.8) is 0 Å². The van der Waals surface area contributed by atoms with E-state index in [4.69, 9.17) is 4.74 Å². The zero-order chi connectivity index (χ0) is 24.7. The Bertz CT molecular complexity index is 1420. The molecule has 0 saturated heterocycles. The van der Waals surface area contributed by atoms with Crippen molar-refractivity contribution < 1.29 is 14.3 Å². The monoisotopic (exact) mass is 460 g/mol. The third-order valence-electron chi connectivity index (χ3n) is 6.96. The molecule has 0 aliphatic carbocycles. The molecule has 35 heavy (non-hydrogen) atoms. The Morgan fingerprint density at radius 1 is 0.943 bits per heavy atom. The topological polar surface area (TPSA) is 107 Å². The number of methoxy groups -OCH3 is 1. The summed E-state index contributed by atoms with van der Waals surface area (Å²) in [4.78, 5) is 34.5. The van der Waals surface area contributed by atoms with Crippen LogP contribution in [0.1, 0.15) is 16.7 Å². The number of amides is 1. The molecule has 0 fully saturated rings. The lowest BCUT2D eigenvalue weighted by Gasteiger charge is -2.42. The summed E-state index contributed by atoms with van der Waals surface area (Å²) in [5.74, 6) is -1.38. The van der Waals surface area contributed by atoms with Crippen LogP contribution < -0.4 is 4.90 Å². The molecule has 2 aliphatic heterocycles. The van der Waals surface area contributed by atoms with Crippen LogP contribution in [0.5, 0.6) is 0 Å². The van der Waals surface area contributed by atoms with E-state index in [1.54, 1.807) is 54.6 Å². The number of para-hydroxylation sites is 1. The number of esters is 1. The number of carbonyl (C=O) groups excluding carboxylic acids is 2. The van der Waals surface area contributed by atoms with E-state index in [0.29, 0.717) is 16.8 Å². The van der Waals surface area contributed by atoms with E-state index in [1.165, 1.54) is 12.0 Å². The predicted octanol–water partition coefficient (Wildman–Crippen LogP) is 3.66. The molecule has 0 radical (unpaired) electrons. The molecule has 2 atom stereocenters. The Kier molecular flexibility index (Phi) is 5.00. The molecule has 3 aromatic rings. The number of hydrogen-bond acceptors (Lipinski definition) is 6. The van der Waals surface area contributed by atoms with E-state index in [2.05, 4.69) is 17.1 Å². The van der Waals surface area contributed by atoms with E-state index < -0.39 is 28.2 Å². The minimum absolute atomic E-state index is 0.192. The lowest BCUT2D eigenvalue weighted by molar-refractivity contribution is -0.154. The van der Waals surface area contributed by atoms with Crippen molar-refractivity contribution in [1.29, 1.82) is 10.5 Å². The molecule has 7 nitrogen and oxygen atoms in total. The van der Waals surface area contributed by atoms with Crippen LogP contribution in [-0.2, 0) is 31.8 Å². The molecular weight excluding hydrogens is 440 g/mol. The molecule has 7 heteroatoms. The van der Waals surface area contributed by atoms with Crippen molar-refractivity contribution in [2.24, 2.45) is 10.4 Å². The SMILES string of the molecule is COC(=O)[C@]1(c2ccccc2)N=CC(C#N)(C#N)[C@@]12C(=O)N(Cc1ccccc1)c1ccccc12. The van der Waals surface area contributed by atoms with Gasteiger partial charge in [-0.3, -0.25) is 9.79 Å². The van der Waals surface area contributed by atoms with Crippen LogP contribution in [0.4, 0.5) is 5.69 Å². The maximum atomic E-state index is 14.7. The summed E-state index contributed by atoms with van der Waals surface area (Å²) >= 11 is 0. The normalized spacial score (nSPS) is 23.5. The lowest BCUT2D eigenvalue weighted by Crippen LogP contribution is -2.63. The highest BCUT2D eigenvalue weighted by Crippen LogP contribution is 2.64. The van der Waals surface area contributed by atoms with Crippen molar-refractivity contribution in [3.8, 4) is 12.1 Å². The van der Waals surface area contributed by atoms with Gasteiger partial charge in [0, 0.05) is 11.9 Å². The van der Waals surface area contributed by atoms with E-state index >= 15 is 0 Å². The second-order valence-corrected chi connectivity index (χ2v) is 8.50. The van der Waals surface area contributed by atoms with E-state index in [-0.39, 0.29) is 6.54 Å². The average molecular weight is 460 g/mol. The van der Waals surface area contributed by atoms with Crippen LogP contribution >= 0.6 is 0 Å². The molecule has 1 amide bonds. The van der Waals surface area contributed by atoms with Gasteiger partial charge in [0.25, 0.3) is 0 Å². The second-order valence-electron chi connectivity index (χ2n) is 8.50. The molecule has 0 aromatic heterocycles. The number of benzene rings is 3. The van der Waals surface area contributed by atoms with Gasteiger partial charge in [-0.2, -0.15) is 10.5 Å². The predicted molar refractivity (Wildman–Crippen MR) is 128 cm³/mol. The minimum atomic E-state index is -2.06. The summed E-state index contributed by atoms with van der Waals surface area (Å²) in [7, 11) is 1.21.